The normalized spacial score (nSPS) is 17.9. The molecule has 2 aliphatic carbocycles. The highest BCUT2D eigenvalue weighted by atomic mass is 35.5. The maximum absolute atomic E-state index is 14.9. The third-order valence-corrected chi connectivity index (χ3v) is 14.4. The molecule has 5 aromatic carbocycles. The molecule has 88 heavy (non-hydrogen) atoms. The van der Waals surface area contributed by atoms with Crippen molar-refractivity contribution in [2.75, 3.05) is 0 Å². The number of aliphatic hydroxyl groups is 2. The molecule has 0 saturated heterocycles. The summed E-state index contributed by atoms with van der Waals surface area (Å²) in [6, 6.07) is 30.8. The number of nitrogens with one attached hydrogen (secondary N) is 3. The first-order chi connectivity index (χ1) is 41.7. The molecule has 0 radical (unpaired) electrons. The SMILES string of the molecule is N[C@@H]1CCC[C@H]1O.O=C(N[C@@H]1CCC[C@H]1O)N[C@@](Cc1ccccc1)(c1cc(F)cc(OC(F)(F)C(F)F)c1)c1ccc(Cl)cn1.O=C(N[C@@](Cc1ccccc1)(c1cc(F)cc(OC(F)(F)C(F)F)c1)c1ccc(Cl)cn1)Oc1ccc([N+](=O)[O-])cc1. The summed E-state index contributed by atoms with van der Waals surface area (Å²) < 4.78 is 150. The van der Waals surface area contributed by atoms with Gasteiger partial charge in [-0.05, 0) is 121 Å². The van der Waals surface area contributed by atoms with Crippen LogP contribution in [0.3, 0.4) is 0 Å². The molecule has 16 nitrogen and oxygen atoms in total. The smallest absolute Gasteiger partial charge is 0.428 e. The number of amides is 3. The van der Waals surface area contributed by atoms with Crippen LogP contribution in [-0.2, 0) is 23.9 Å². The van der Waals surface area contributed by atoms with Crippen molar-refractivity contribution in [1.29, 1.82) is 0 Å². The van der Waals surface area contributed by atoms with Gasteiger partial charge in [0.2, 0.25) is 0 Å². The first kappa shape index (κ1) is 67.2. The van der Waals surface area contributed by atoms with Gasteiger partial charge in [-0.15, -0.1) is 0 Å². The van der Waals surface area contributed by atoms with Crippen LogP contribution in [0.25, 0.3) is 0 Å². The Kier molecular flexibility index (Phi) is 22.6. The van der Waals surface area contributed by atoms with Crippen LogP contribution in [-0.4, -0.2) is 86.6 Å². The number of nitro benzene ring substituents is 1. The molecular weight excluding hydrogens is 1220 g/mol. The van der Waals surface area contributed by atoms with Crippen LogP contribution in [0.4, 0.5) is 59.2 Å². The van der Waals surface area contributed by atoms with Gasteiger partial charge in [-0.2, -0.15) is 35.1 Å². The molecule has 2 heterocycles. The number of hydrogen-bond donors (Lipinski definition) is 6. The van der Waals surface area contributed by atoms with Gasteiger partial charge >= 0.3 is 37.2 Å². The number of non-ortho nitro benzene ring substituents is 1. The van der Waals surface area contributed by atoms with E-state index in [-0.39, 0.29) is 69.0 Å². The summed E-state index contributed by atoms with van der Waals surface area (Å²) in [4.78, 5) is 45.5. The van der Waals surface area contributed by atoms with Crippen molar-refractivity contribution in [2.45, 2.75) is 112 Å². The van der Waals surface area contributed by atoms with E-state index in [1.165, 1.54) is 36.7 Å². The van der Waals surface area contributed by atoms with E-state index in [9.17, 15) is 68.7 Å². The molecule has 3 amide bonds. The number of pyridine rings is 2. The molecule has 7 N–H and O–H groups in total. The van der Waals surface area contributed by atoms with Crippen molar-refractivity contribution >= 4 is 41.0 Å². The lowest BCUT2D eigenvalue weighted by molar-refractivity contribution is -0.384. The fourth-order valence-corrected chi connectivity index (χ4v) is 9.88. The van der Waals surface area contributed by atoms with E-state index in [0.717, 1.165) is 67.8 Å². The average Bonchev–Trinajstić information content (AvgIpc) is 1.01. The second kappa shape index (κ2) is 29.6. The summed E-state index contributed by atoms with van der Waals surface area (Å²) >= 11 is 12.0. The van der Waals surface area contributed by atoms with E-state index in [2.05, 4.69) is 35.4 Å². The van der Waals surface area contributed by atoms with Crippen molar-refractivity contribution in [3.05, 3.63) is 223 Å². The zero-order valence-electron chi connectivity index (χ0n) is 45.8. The second-order valence-electron chi connectivity index (χ2n) is 20.3. The molecule has 0 bridgehead atoms. The Labute approximate surface area is 506 Å². The van der Waals surface area contributed by atoms with Crippen molar-refractivity contribution < 1.29 is 82.8 Å². The van der Waals surface area contributed by atoms with Crippen molar-refractivity contribution in [1.82, 2.24) is 25.9 Å². The summed E-state index contributed by atoms with van der Waals surface area (Å²) in [5, 5.41) is 38.6. The Balaban J connectivity index is 0.000000226. The van der Waals surface area contributed by atoms with Gasteiger partial charge < -0.3 is 46.1 Å². The Morgan fingerprint density at radius 1 is 0.625 bits per heavy atom. The number of aliphatic hydroxyl groups excluding tert-OH is 2. The van der Waals surface area contributed by atoms with Crippen molar-refractivity contribution in [2.24, 2.45) is 5.73 Å². The molecule has 9 rings (SSSR count). The van der Waals surface area contributed by atoms with Gasteiger partial charge in [0.25, 0.3) is 5.69 Å². The van der Waals surface area contributed by atoms with E-state index < -0.39 is 88.5 Å². The third-order valence-electron chi connectivity index (χ3n) is 13.9. The van der Waals surface area contributed by atoms with E-state index >= 15 is 0 Å². The van der Waals surface area contributed by atoms with E-state index in [0.29, 0.717) is 42.5 Å². The van der Waals surface area contributed by atoms with Crippen LogP contribution in [0.15, 0.2) is 158 Å². The highest BCUT2D eigenvalue weighted by molar-refractivity contribution is 6.30. The molecule has 2 aliphatic rings. The lowest BCUT2D eigenvalue weighted by atomic mass is 9.80. The Hall–Kier alpha value is -8.30. The highest BCUT2D eigenvalue weighted by Crippen LogP contribution is 2.40. The van der Waals surface area contributed by atoms with Crippen LogP contribution in [0.1, 0.15) is 72.2 Å². The lowest BCUT2D eigenvalue weighted by Crippen LogP contribution is -2.55. The minimum absolute atomic E-state index is 0.0357. The summed E-state index contributed by atoms with van der Waals surface area (Å²) in [7, 11) is 0. The molecule has 468 valence electrons. The number of nitrogens with zero attached hydrogens (tertiary/aromatic N) is 3. The number of nitrogens with two attached hydrogens (primary N) is 1. The summed E-state index contributed by atoms with van der Waals surface area (Å²) in [6.07, 6.45) is -13.3. The maximum atomic E-state index is 14.9. The Morgan fingerprint density at radius 3 is 1.45 bits per heavy atom. The number of carbonyl (C=O) groups excluding carboxylic acids is 2. The summed E-state index contributed by atoms with van der Waals surface area (Å²) in [5.74, 6) is -4.16. The number of ether oxygens (including phenoxy) is 3. The molecule has 2 aromatic heterocycles. The number of carbonyl (C=O) groups is 2. The quantitative estimate of drug-likeness (QED) is 0.0252. The Morgan fingerprint density at radius 2 is 1.08 bits per heavy atom. The number of hydrogen-bond acceptors (Lipinski definition) is 12. The number of urea groups is 1. The number of halogens is 12. The van der Waals surface area contributed by atoms with Gasteiger partial charge in [0.1, 0.15) is 40.0 Å². The van der Waals surface area contributed by atoms with Crippen molar-refractivity contribution in [3.8, 4) is 17.2 Å². The minimum Gasteiger partial charge on any atom is -0.428 e. The fourth-order valence-electron chi connectivity index (χ4n) is 9.66. The number of nitro groups is 1. The lowest BCUT2D eigenvalue weighted by Gasteiger charge is -2.36. The van der Waals surface area contributed by atoms with E-state index in [1.807, 2.05) is 0 Å². The predicted molar refractivity (Wildman–Crippen MR) is 302 cm³/mol. The standard InChI is InChI=1S/C28H19ClF5N3O5.C27H25ClF5N3O3.C5H11NO/c29-19-6-11-24(35-16-19)27(15-17-4-2-1-3-5-17,36-26(38)41-22-9-7-21(8-10-22)37(39)40)18-12-20(30)14-23(13-18)42-28(33,34)25(31)32;28-18-9-10-23(34-15-18)26(14-16-5-2-1-3-6-16,36-25(38)35-21-7-4-8-22(21)37)17-11-19(29)13-20(12-17)39-27(32,33)24(30)31;6-4-2-1-3-5(4)7/h1-14,16,25H,15H2,(H,36,38);1-3,5-6,9-13,15,21-22,24,37H,4,7-8,14H2,(H2,35,36,38);4-5,7H,1-3,6H2/t27-;21-,22-,26+;4-,5-/m011/s1. The van der Waals surface area contributed by atoms with Gasteiger partial charge in [-0.1, -0.05) is 83.9 Å². The predicted octanol–water partition coefficient (Wildman–Crippen LogP) is 13.0. The van der Waals surface area contributed by atoms with Gasteiger partial charge in [-0.3, -0.25) is 20.1 Å². The summed E-state index contributed by atoms with van der Waals surface area (Å²) in [6.45, 7) is 0. The fraction of sp³-hybridized carbons (Fsp3) is 0.300. The molecule has 0 aliphatic heterocycles. The largest absolute Gasteiger partial charge is 0.461 e. The second-order valence-corrected chi connectivity index (χ2v) is 21.1. The molecule has 28 heteroatoms. The van der Waals surface area contributed by atoms with E-state index in [1.54, 1.807) is 60.7 Å². The van der Waals surface area contributed by atoms with Crippen molar-refractivity contribution in [3.63, 3.8) is 0 Å². The molecule has 0 spiro atoms. The summed E-state index contributed by atoms with van der Waals surface area (Å²) in [5.41, 5.74) is 2.60. The van der Waals surface area contributed by atoms with Crippen LogP contribution in [0.5, 0.6) is 17.2 Å². The molecule has 7 aromatic rings. The highest BCUT2D eigenvalue weighted by Gasteiger charge is 2.47. The molecule has 6 atom stereocenters. The number of alkyl halides is 8. The van der Waals surface area contributed by atoms with Gasteiger partial charge in [0, 0.05) is 55.5 Å². The number of benzene rings is 5. The Bertz CT molecular complexity index is 3440. The molecule has 0 unspecified atom stereocenters. The monoisotopic (exact) mass is 1280 g/mol. The van der Waals surface area contributed by atoms with Gasteiger partial charge in [-0.25, -0.2) is 18.4 Å². The average molecular weight is 1280 g/mol. The van der Waals surface area contributed by atoms with Crippen LogP contribution in [0.2, 0.25) is 10.0 Å². The van der Waals surface area contributed by atoms with Gasteiger partial charge in [0.05, 0.1) is 44.6 Å². The molecule has 2 saturated carbocycles. The molecule has 2 fully saturated rings. The number of aromatic nitrogens is 2. The zero-order valence-corrected chi connectivity index (χ0v) is 47.4. The van der Waals surface area contributed by atoms with Gasteiger partial charge in [0.15, 0.2) is 0 Å². The van der Waals surface area contributed by atoms with Crippen LogP contribution >= 0.6 is 23.2 Å². The first-order valence-corrected chi connectivity index (χ1v) is 27.5. The zero-order chi connectivity index (χ0) is 64.0. The molecular formula is C60H55Cl2F10N7O9. The van der Waals surface area contributed by atoms with Crippen LogP contribution < -0.4 is 35.9 Å². The maximum Gasteiger partial charge on any atom is 0.461 e. The first-order valence-electron chi connectivity index (χ1n) is 26.8. The third kappa shape index (κ3) is 17.9. The van der Waals surface area contributed by atoms with E-state index in [4.69, 9.17) is 38.8 Å². The minimum atomic E-state index is -4.95. The topological polar surface area (TPSA) is 233 Å². The number of rotatable bonds is 19. The van der Waals surface area contributed by atoms with Crippen LogP contribution in [0, 0.1) is 21.7 Å².